The summed E-state index contributed by atoms with van der Waals surface area (Å²) >= 11 is 1.24. The van der Waals surface area contributed by atoms with Crippen LogP contribution in [0.25, 0.3) is 22.9 Å². The van der Waals surface area contributed by atoms with Crippen LogP contribution < -0.4 is 0 Å². The lowest BCUT2D eigenvalue weighted by Crippen LogP contribution is -2.18. The van der Waals surface area contributed by atoms with Crippen LogP contribution in [0, 0.1) is 6.92 Å². The van der Waals surface area contributed by atoms with Crippen LogP contribution in [-0.2, 0) is 0 Å². The van der Waals surface area contributed by atoms with Gasteiger partial charge in [-0.05, 0) is 31.2 Å². The first-order chi connectivity index (χ1) is 18.7. The van der Waals surface area contributed by atoms with Gasteiger partial charge in [0, 0.05) is 11.3 Å². The van der Waals surface area contributed by atoms with E-state index < -0.39 is 5.37 Å². The van der Waals surface area contributed by atoms with Crippen molar-refractivity contribution in [1.29, 1.82) is 0 Å². The molecule has 186 valence electrons. The third-order valence-corrected chi connectivity index (χ3v) is 7.06. The third kappa shape index (κ3) is 4.39. The lowest BCUT2D eigenvalue weighted by molar-refractivity contribution is 0.0962. The van der Waals surface area contributed by atoms with Gasteiger partial charge in [-0.3, -0.25) is 9.36 Å². The van der Waals surface area contributed by atoms with Crippen LogP contribution in [0.3, 0.4) is 0 Å². The molecule has 0 radical (unpaired) electrons. The zero-order chi connectivity index (χ0) is 25.9. The van der Waals surface area contributed by atoms with E-state index in [2.05, 4.69) is 30.6 Å². The van der Waals surface area contributed by atoms with Crippen LogP contribution in [0.4, 0.5) is 0 Å². The number of carbonyl (C=O) groups is 1. The second kappa shape index (κ2) is 10.2. The second-order valence-electron chi connectivity index (χ2n) is 8.32. The molecule has 1 unspecified atom stereocenters. The summed E-state index contributed by atoms with van der Waals surface area (Å²) in [4.78, 5) is 17.7. The van der Waals surface area contributed by atoms with E-state index in [9.17, 15) is 4.79 Å². The maximum absolute atomic E-state index is 13.6. The molecule has 3 aromatic heterocycles. The number of para-hydroxylation sites is 2. The minimum atomic E-state index is -0.750. The second-order valence-corrected chi connectivity index (χ2v) is 9.37. The van der Waals surface area contributed by atoms with Gasteiger partial charge in [0.1, 0.15) is 12.7 Å². The summed E-state index contributed by atoms with van der Waals surface area (Å²) in [7, 11) is 0. The predicted octanol–water partition coefficient (Wildman–Crippen LogP) is 4.59. The Hall–Kier alpha value is -4.90. The van der Waals surface area contributed by atoms with Gasteiger partial charge < -0.3 is 0 Å². The number of nitrogens with zero attached hydrogens (tertiary/aromatic N) is 9. The molecule has 0 aliphatic heterocycles. The van der Waals surface area contributed by atoms with Crippen molar-refractivity contribution < 1.29 is 4.79 Å². The van der Waals surface area contributed by atoms with Gasteiger partial charge in [0.25, 0.3) is 0 Å². The van der Waals surface area contributed by atoms with E-state index in [-0.39, 0.29) is 5.78 Å². The summed E-state index contributed by atoms with van der Waals surface area (Å²) in [6.07, 6.45) is 2.93. The van der Waals surface area contributed by atoms with E-state index in [4.69, 9.17) is 0 Å². The molecular weight excluding hydrogens is 498 g/mol. The Balaban J connectivity index is 1.46. The number of Topliss-reactive ketones (excluding diaryl/α,β-unsaturated/α-hetero) is 1. The molecule has 10 nitrogen and oxygen atoms in total. The Morgan fingerprint density at radius 1 is 0.816 bits per heavy atom. The maximum Gasteiger partial charge on any atom is 0.198 e. The van der Waals surface area contributed by atoms with Crippen molar-refractivity contribution >= 4 is 17.5 Å². The molecule has 0 bridgehead atoms. The van der Waals surface area contributed by atoms with Crippen LogP contribution >= 0.6 is 11.8 Å². The topological polar surface area (TPSA) is 109 Å². The monoisotopic (exact) mass is 519 g/mol. The molecule has 0 fully saturated rings. The molecule has 1 atom stereocenters. The zero-order valence-electron chi connectivity index (χ0n) is 20.2. The largest absolute Gasteiger partial charge is 0.291 e. The molecule has 11 heteroatoms. The highest BCUT2D eigenvalue weighted by Gasteiger charge is 2.29. The van der Waals surface area contributed by atoms with Crippen LogP contribution in [-0.4, -0.2) is 50.3 Å². The molecule has 0 N–H and O–H groups in total. The van der Waals surface area contributed by atoms with E-state index in [1.165, 1.54) is 29.1 Å². The number of hydrogen-bond donors (Lipinski definition) is 0. The minimum Gasteiger partial charge on any atom is -0.291 e. The van der Waals surface area contributed by atoms with E-state index >= 15 is 0 Å². The number of aromatic nitrogens is 9. The van der Waals surface area contributed by atoms with Crippen molar-refractivity contribution in [2.45, 2.75) is 17.5 Å². The molecule has 0 aliphatic rings. The molecule has 38 heavy (non-hydrogen) atoms. The van der Waals surface area contributed by atoms with Crippen molar-refractivity contribution in [2.75, 3.05) is 0 Å². The highest BCUT2D eigenvalue weighted by Crippen LogP contribution is 2.36. The summed E-state index contributed by atoms with van der Waals surface area (Å²) < 4.78 is 5.18. The first-order valence-corrected chi connectivity index (χ1v) is 12.7. The Kier molecular flexibility index (Phi) is 6.32. The number of rotatable bonds is 8. The quantitative estimate of drug-likeness (QED) is 0.212. The molecule has 0 saturated carbocycles. The predicted molar refractivity (Wildman–Crippen MR) is 142 cm³/mol. The molecule has 6 aromatic rings. The molecule has 0 saturated heterocycles. The fourth-order valence-corrected chi connectivity index (χ4v) is 5.12. The van der Waals surface area contributed by atoms with Crippen LogP contribution in [0.2, 0.25) is 0 Å². The molecule has 3 heterocycles. The van der Waals surface area contributed by atoms with Crippen LogP contribution in [0.5, 0.6) is 0 Å². The van der Waals surface area contributed by atoms with Crippen molar-refractivity contribution in [3.05, 3.63) is 115 Å². The number of hydrogen-bond acceptors (Lipinski definition) is 8. The van der Waals surface area contributed by atoms with Crippen molar-refractivity contribution in [3.8, 4) is 22.9 Å². The highest BCUT2D eigenvalue weighted by atomic mass is 32.2. The van der Waals surface area contributed by atoms with Gasteiger partial charge in [0.2, 0.25) is 0 Å². The Morgan fingerprint density at radius 3 is 2.13 bits per heavy atom. The van der Waals surface area contributed by atoms with Gasteiger partial charge in [-0.25, -0.2) is 14.3 Å². The summed E-state index contributed by atoms with van der Waals surface area (Å²) in [5.74, 6) is 0.388. The summed E-state index contributed by atoms with van der Waals surface area (Å²) in [5.41, 5.74) is 3.68. The van der Waals surface area contributed by atoms with Gasteiger partial charge in [-0.15, -0.1) is 15.3 Å². The third-order valence-electron chi connectivity index (χ3n) is 5.93. The summed E-state index contributed by atoms with van der Waals surface area (Å²) in [6.45, 7) is 1.94. The lowest BCUT2D eigenvalue weighted by atomic mass is 10.1. The SMILES string of the molecule is Cc1c(-c2nnc(SC(C(=O)c3ccccc3)n3cncn3)n2-c2ccccc2)nnn1-c1ccccc1. The van der Waals surface area contributed by atoms with E-state index in [0.717, 1.165) is 17.1 Å². The van der Waals surface area contributed by atoms with Gasteiger partial charge >= 0.3 is 0 Å². The average Bonchev–Trinajstić information content (AvgIpc) is 3.73. The first kappa shape index (κ1) is 23.5. The normalized spacial score (nSPS) is 11.9. The van der Waals surface area contributed by atoms with Crippen molar-refractivity contribution in [2.24, 2.45) is 0 Å². The Bertz CT molecular complexity index is 1660. The van der Waals surface area contributed by atoms with Gasteiger partial charge in [-0.1, -0.05) is 83.7 Å². The maximum atomic E-state index is 13.6. The molecule has 0 amide bonds. The van der Waals surface area contributed by atoms with E-state index in [1.54, 1.807) is 16.8 Å². The summed E-state index contributed by atoms with van der Waals surface area (Å²) in [5, 5.41) is 21.9. The molecular formula is C27H21N9OS. The van der Waals surface area contributed by atoms with E-state index in [0.29, 0.717) is 22.2 Å². The fraction of sp³-hybridized carbons (Fsp3) is 0.0741. The number of carbonyl (C=O) groups excluding carboxylic acids is 1. The Morgan fingerprint density at radius 2 is 1.47 bits per heavy atom. The van der Waals surface area contributed by atoms with Crippen LogP contribution in [0.1, 0.15) is 21.4 Å². The highest BCUT2D eigenvalue weighted by molar-refractivity contribution is 7.99. The fourth-order valence-electron chi connectivity index (χ4n) is 4.07. The molecule has 0 aliphatic carbocycles. The van der Waals surface area contributed by atoms with Crippen LogP contribution in [0.15, 0.2) is 109 Å². The first-order valence-electron chi connectivity index (χ1n) is 11.8. The zero-order valence-corrected chi connectivity index (χ0v) is 21.1. The standard InChI is InChI=1S/C27H21N9OS/c1-19-23(30-33-36(19)22-15-9-4-10-16-22)25-31-32-27(35(25)21-13-7-3-8-14-21)38-26(34-18-28-17-29-34)24(37)20-11-5-2-6-12-20/h2-18,26H,1H3. The molecule has 3 aromatic carbocycles. The van der Waals surface area contributed by atoms with Gasteiger partial charge in [0.05, 0.1) is 11.4 Å². The number of benzene rings is 3. The number of thioether (sulfide) groups is 1. The smallest absolute Gasteiger partial charge is 0.198 e. The van der Waals surface area contributed by atoms with Gasteiger partial charge in [0.15, 0.2) is 27.8 Å². The minimum absolute atomic E-state index is 0.128. The van der Waals surface area contributed by atoms with Gasteiger partial charge in [-0.2, -0.15) is 5.10 Å². The average molecular weight is 520 g/mol. The van der Waals surface area contributed by atoms with Crippen molar-refractivity contribution in [1.82, 2.24) is 44.5 Å². The number of ketones is 1. The molecule has 0 spiro atoms. The Labute approximate surface area is 222 Å². The molecule has 6 rings (SSSR count). The van der Waals surface area contributed by atoms with E-state index in [1.807, 2.05) is 90.4 Å². The summed E-state index contributed by atoms with van der Waals surface area (Å²) in [6, 6.07) is 28.6. The van der Waals surface area contributed by atoms with Crippen molar-refractivity contribution in [3.63, 3.8) is 0 Å². The lowest BCUT2D eigenvalue weighted by Gasteiger charge is -2.16.